The Labute approximate surface area is 111 Å². The fraction of sp³-hybridized carbons (Fsp3) is 0.583. The Morgan fingerprint density at radius 2 is 2.37 bits per heavy atom. The van der Waals surface area contributed by atoms with Crippen LogP contribution in [0.1, 0.15) is 19.9 Å². The number of rotatable bonds is 5. The average molecular weight is 265 g/mol. The first-order chi connectivity index (χ1) is 9.09. The summed E-state index contributed by atoms with van der Waals surface area (Å²) in [6.07, 6.45) is 3.61. The van der Waals surface area contributed by atoms with E-state index < -0.39 is 0 Å². The van der Waals surface area contributed by atoms with E-state index in [0.29, 0.717) is 13.1 Å². The van der Waals surface area contributed by atoms with Gasteiger partial charge in [0.15, 0.2) is 0 Å². The van der Waals surface area contributed by atoms with Crippen molar-refractivity contribution in [3.63, 3.8) is 0 Å². The van der Waals surface area contributed by atoms with Gasteiger partial charge in [-0.3, -0.25) is 14.4 Å². The van der Waals surface area contributed by atoms with E-state index in [4.69, 9.17) is 0 Å². The van der Waals surface area contributed by atoms with Crippen LogP contribution in [0, 0.1) is 0 Å². The van der Waals surface area contributed by atoms with Gasteiger partial charge in [0.1, 0.15) is 0 Å². The van der Waals surface area contributed by atoms with Gasteiger partial charge in [0, 0.05) is 31.5 Å². The fourth-order valence-electron chi connectivity index (χ4n) is 1.97. The topological polar surface area (TPSA) is 79.3 Å². The highest BCUT2D eigenvalue weighted by molar-refractivity contribution is 5.96. The number of hydrogen-bond acceptors (Lipinski definition) is 4. The lowest BCUT2D eigenvalue weighted by atomic mass is 10.2. The van der Waals surface area contributed by atoms with Gasteiger partial charge in [-0.25, -0.2) is 4.79 Å². The average Bonchev–Trinajstić information content (AvgIpc) is 3.05. The van der Waals surface area contributed by atoms with Crippen molar-refractivity contribution in [2.75, 3.05) is 19.6 Å². The standard InChI is InChI=1S/C12H19N5O2/c1-9(10(2)17-6-3-4-15-17)14-8-11(18)16-7-5-13-12(16)19/h3-4,6,9-10,14H,5,7-8H2,1-2H3,(H,13,19)/t9-,10+/m0/s1. The molecule has 0 bridgehead atoms. The molecule has 0 aromatic carbocycles. The summed E-state index contributed by atoms with van der Waals surface area (Å²) in [7, 11) is 0. The second-order valence-corrected chi connectivity index (χ2v) is 4.67. The van der Waals surface area contributed by atoms with Crippen molar-refractivity contribution < 1.29 is 9.59 Å². The largest absolute Gasteiger partial charge is 0.336 e. The molecule has 2 heterocycles. The summed E-state index contributed by atoms with van der Waals surface area (Å²) >= 11 is 0. The molecular weight excluding hydrogens is 246 g/mol. The van der Waals surface area contributed by atoms with Gasteiger partial charge in [-0.15, -0.1) is 0 Å². The Balaban J connectivity index is 1.81. The van der Waals surface area contributed by atoms with Crippen LogP contribution in [0.2, 0.25) is 0 Å². The highest BCUT2D eigenvalue weighted by Crippen LogP contribution is 2.08. The van der Waals surface area contributed by atoms with Crippen molar-refractivity contribution in [3.05, 3.63) is 18.5 Å². The third kappa shape index (κ3) is 3.11. The van der Waals surface area contributed by atoms with E-state index in [1.54, 1.807) is 6.20 Å². The smallest absolute Gasteiger partial charge is 0.324 e. The molecule has 104 valence electrons. The molecule has 7 nitrogen and oxygen atoms in total. The van der Waals surface area contributed by atoms with Crippen molar-refractivity contribution >= 4 is 11.9 Å². The minimum absolute atomic E-state index is 0.0783. The number of amides is 3. The van der Waals surface area contributed by atoms with Gasteiger partial charge in [0.2, 0.25) is 5.91 Å². The molecule has 1 aromatic rings. The van der Waals surface area contributed by atoms with Gasteiger partial charge in [-0.2, -0.15) is 5.10 Å². The molecule has 19 heavy (non-hydrogen) atoms. The summed E-state index contributed by atoms with van der Waals surface area (Å²) in [6, 6.07) is 1.77. The first-order valence-corrected chi connectivity index (χ1v) is 6.40. The molecule has 3 amide bonds. The number of urea groups is 1. The molecule has 2 N–H and O–H groups in total. The van der Waals surface area contributed by atoms with E-state index in [9.17, 15) is 9.59 Å². The maximum atomic E-state index is 11.8. The molecule has 7 heteroatoms. The lowest BCUT2D eigenvalue weighted by Crippen LogP contribution is -2.44. The first-order valence-electron chi connectivity index (χ1n) is 6.40. The summed E-state index contributed by atoms with van der Waals surface area (Å²) in [5.74, 6) is -0.200. The molecule has 1 aromatic heterocycles. The monoisotopic (exact) mass is 265 g/mol. The Kier molecular flexibility index (Phi) is 4.16. The van der Waals surface area contributed by atoms with Crippen molar-refractivity contribution in [2.24, 2.45) is 0 Å². The molecule has 1 aliphatic rings. The van der Waals surface area contributed by atoms with E-state index in [-0.39, 0.29) is 30.6 Å². The van der Waals surface area contributed by atoms with Crippen LogP contribution in [-0.2, 0) is 4.79 Å². The van der Waals surface area contributed by atoms with Gasteiger partial charge in [-0.1, -0.05) is 0 Å². The Morgan fingerprint density at radius 1 is 1.58 bits per heavy atom. The predicted molar refractivity (Wildman–Crippen MR) is 69.5 cm³/mol. The van der Waals surface area contributed by atoms with E-state index in [2.05, 4.69) is 15.7 Å². The van der Waals surface area contributed by atoms with E-state index in [1.165, 1.54) is 4.90 Å². The zero-order chi connectivity index (χ0) is 13.8. The minimum atomic E-state index is -0.306. The first kappa shape index (κ1) is 13.5. The molecule has 1 fully saturated rings. The number of imide groups is 1. The van der Waals surface area contributed by atoms with Crippen LogP contribution >= 0.6 is 0 Å². The number of aromatic nitrogens is 2. The van der Waals surface area contributed by atoms with Gasteiger partial charge >= 0.3 is 6.03 Å². The fourth-order valence-corrected chi connectivity index (χ4v) is 1.97. The summed E-state index contributed by atoms with van der Waals surface area (Å²) in [6.45, 7) is 5.15. The number of nitrogens with one attached hydrogen (secondary N) is 2. The molecule has 2 rings (SSSR count). The van der Waals surface area contributed by atoms with Crippen molar-refractivity contribution in [1.82, 2.24) is 25.3 Å². The second-order valence-electron chi connectivity index (χ2n) is 4.67. The second kappa shape index (κ2) is 5.83. The lowest BCUT2D eigenvalue weighted by molar-refractivity contribution is -0.126. The van der Waals surface area contributed by atoms with Gasteiger partial charge in [0.25, 0.3) is 0 Å². The minimum Gasteiger partial charge on any atom is -0.336 e. The lowest BCUT2D eigenvalue weighted by Gasteiger charge is -2.22. The summed E-state index contributed by atoms with van der Waals surface area (Å²) in [5, 5.41) is 9.91. The third-order valence-electron chi connectivity index (χ3n) is 3.40. The maximum Gasteiger partial charge on any atom is 0.324 e. The highest BCUT2D eigenvalue weighted by atomic mass is 16.2. The molecule has 2 atom stereocenters. The summed E-state index contributed by atoms with van der Waals surface area (Å²) < 4.78 is 1.84. The quantitative estimate of drug-likeness (QED) is 0.784. The zero-order valence-corrected chi connectivity index (χ0v) is 11.2. The van der Waals surface area contributed by atoms with Crippen molar-refractivity contribution in [1.29, 1.82) is 0 Å². The van der Waals surface area contributed by atoms with E-state index in [0.717, 1.165) is 0 Å². The zero-order valence-electron chi connectivity index (χ0n) is 11.2. The Hall–Kier alpha value is -1.89. The Morgan fingerprint density at radius 3 is 2.95 bits per heavy atom. The van der Waals surface area contributed by atoms with Crippen LogP contribution in [0.25, 0.3) is 0 Å². The van der Waals surface area contributed by atoms with Gasteiger partial charge in [0.05, 0.1) is 12.6 Å². The molecule has 1 aliphatic heterocycles. The van der Waals surface area contributed by atoms with Gasteiger partial charge in [-0.05, 0) is 19.9 Å². The molecular formula is C12H19N5O2. The van der Waals surface area contributed by atoms with Crippen LogP contribution in [-0.4, -0.2) is 52.3 Å². The van der Waals surface area contributed by atoms with Crippen LogP contribution < -0.4 is 10.6 Å². The van der Waals surface area contributed by atoms with E-state index >= 15 is 0 Å². The molecule has 0 spiro atoms. The van der Waals surface area contributed by atoms with Crippen LogP contribution in [0.3, 0.4) is 0 Å². The maximum absolute atomic E-state index is 11.8. The molecule has 0 saturated carbocycles. The summed E-state index contributed by atoms with van der Waals surface area (Å²) in [5.41, 5.74) is 0. The summed E-state index contributed by atoms with van der Waals surface area (Å²) in [4.78, 5) is 24.4. The van der Waals surface area contributed by atoms with Crippen LogP contribution in [0.15, 0.2) is 18.5 Å². The molecule has 0 radical (unpaired) electrons. The van der Waals surface area contributed by atoms with Crippen molar-refractivity contribution in [3.8, 4) is 0 Å². The van der Waals surface area contributed by atoms with Crippen molar-refractivity contribution in [2.45, 2.75) is 25.9 Å². The molecule has 1 saturated heterocycles. The Bertz CT molecular complexity index is 445. The third-order valence-corrected chi connectivity index (χ3v) is 3.40. The van der Waals surface area contributed by atoms with Crippen LogP contribution in [0.4, 0.5) is 4.79 Å². The molecule has 0 aliphatic carbocycles. The number of carbonyl (C=O) groups excluding carboxylic acids is 2. The number of carbonyl (C=O) groups is 2. The van der Waals surface area contributed by atoms with E-state index in [1.807, 2.05) is 30.8 Å². The number of hydrogen-bond donors (Lipinski definition) is 2. The SMILES string of the molecule is C[C@H](NCC(=O)N1CCNC1=O)[C@@H](C)n1cccn1. The predicted octanol–water partition coefficient (Wildman–Crippen LogP) is -0.0260. The normalized spacial score (nSPS) is 18.2. The highest BCUT2D eigenvalue weighted by Gasteiger charge is 2.26. The molecule has 0 unspecified atom stereocenters. The number of nitrogens with zero attached hydrogens (tertiary/aromatic N) is 3. The van der Waals surface area contributed by atoms with Crippen LogP contribution in [0.5, 0.6) is 0 Å². The van der Waals surface area contributed by atoms with Gasteiger partial charge < -0.3 is 10.6 Å².